The first-order valence-electron chi connectivity index (χ1n) is 5.87. The monoisotopic (exact) mass is 297 g/mol. The quantitative estimate of drug-likeness (QED) is 0.691. The third-order valence-electron chi connectivity index (χ3n) is 2.68. The lowest BCUT2D eigenvalue weighted by Crippen LogP contribution is -2.07. The standard InChI is InChI=1S/C13H10F3N3O2/c14-13(15,16)10-3-1-2-9(6-10)8-18-12-7-11(19(20)21)4-5-17-12/h1-7H,8H2,(H,17,18). The van der Waals surface area contributed by atoms with Crippen molar-refractivity contribution in [3.05, 3.63) is 63.8 Å². The van der Waals surface area contributed by atoms with E-state index < -0.39 is 16.7 Å². The number of halogens is 3. The molecule has 0 radical (unpaired) electrons. The summed E-state index contributed by atoms with van der Waals surface area (Å²) in [5, 5.41) is 13.4. The Balaban J connectivity index is 2.10. The van der Waals surface area contributed by atoms with Crippen LogP contribution in [0.1, 0.15) is 11.1 Å². The number of hydrogen-bond acceptors (Lipinski definition) is 4. The van der Waals surface area contributed by atoms with Gasteiger partial charge in [0.05, 0.1) is 16.6 Å². The molecule has 1 aromatic heterocycles. The smallest absolute Gasteiger partial charge is 0.366 e. The second-order valence-electron chi connectivity index (χ2n) is 4.21. The number of benzene rings is 1. The molecule has 0 amide bonds. The topological polar surface area (TPSA) is 68.1 Å². The van der Waals surface area contributed by atoms with Crippen molar-refractivity contribution in [1.29, 1.82) is 0 Å². The number of nitrogens with one attached hydrogen (secondary N) is 1. The van der Waals surface area contributed by atoms with Crippen molar-refractivity contribution in [2.24, 2.45) is 0 Å². The van der Waals surface area contributed by atoms with E-state index in [2.05, 4.69) is 10.3 Å². The second-order valence-corrected chi connectivity index (χ2v) is 4.21. The predicted molar refractivity (Wildman–Crippen MR) is 69.7 cm³/mol. The highest BCUT2D eigenvalue weighted by Crippen LogP contribution is 2.29. The molecule has 0 aliphatic heterocycles. The number of nitro groups is 1. The Bertz CT molecular complexity index is 659. The first-order chi connectivity index (χ1) is 9.86. The Labute approximate surface area is 117 Å². The maximum atomic E-state index is 12.6. The fraction of sp³-hybridized carbons (Fsp3) is 0.154. The van der Waals surface area contributed by atoms with Crippen LogP contribution in [-0.2, 0) is 12.7 Å². The number of anilines is 1. The van der Waals surface area contributed by atoms with Crippen LogP contribution in [0.4, 0.5) is 24.7 Å². The van der Waals surface area contributed by atoms with Crippen LogP contribution < -0.4 is 5.32 Å². The Hall–Kier alpha value is -2.64. The Kier molecular flexibility index (Phi) is 4.06. The van der Waals surface area contributed by atoms with E-state index in [1.165, 1.54) is 30.5 Å². The summed E-state index contributed by atoms with van der Waals surface area (Å²) in [4.78, 5) is 13.9. The summed E-state index contributed by atoms with van der Waals surface area (Å²) in [6.45, 7) is 0.0814. The van der Waals surface area contributed by atoms with E-state index in [0.29, 0.717) is 5.56 Å². The van der Waals surface area contributed by atoms with Crippen molar-refractivity contribution in [3.8, 4) is 0 Å². The molecule has 0 fully saturated rings. The third-order valence-corrected chi connectivity index (χ3v) is 2.68. The molecule has 21 heavy (non-hydrogen) atoms. The van der Waals surface area contributed by atoms with Crippen LogP contribution in [0, 0.1) is 10.1 Å². The lowest BCUT2D eigenvalue weighted by Gasteiger charge is -2.09. The van der Waals surface area contributed by atoms with E-state index >= 15 is 0 Å². The summed E-state index contributed by atoms with van der Waals surface area (Å²) in [6.07, 6.45) is -3.15. The minimum absolute atomic E-state index is 0.0814. The maximum absolute atomic E-state index is 12.6. The molecule has 5 nitrogen and oxygen atoms in total. The molecule has 1 heterocycles. The van der Waals surface area contributed by atoms with Crippen molar-refractivity contribution >= 4 is 11.5 Å². The summed E-state index contributed by atoms with van der Waals surface area (Å²) in [5.74, 6) is 0.224. The normalized spacial score (nSPS) is 11.2. The highest BCUT2D eigenvalue weighted by Gasteiger charge is 2.30. The van der Waals surface area contributed by atoms with Gasteiger partial charge in [0.2, 0.25) is 0 Å². The molecule has 110 valence electrons. The fourth-order valence-electron chi connectivity index (χ4n) is 1.68. The van der Waals surface area contributed by atoms with Gasteiger partial charge in [0.25, 0.3) is 5.69 Å². The van der Waals surface area contributed by atoms with Crippen LogP contribution in [0.15, 0.2) is 42.6 Å². The lowest BCUT2D eigenvalue weighted by molar-refractivity contribution is -0.384. The minimum Gasteiger partial charge on any atom is -0.366 e. The van der Waals surface area contributed by atoms with E-state index in [-0.39, 0.29) is 18.1 Å². The largest absolute Gasteiger partial charge is 0.416 e. The van der Waals surface area contributed by atoms with Gasteiger partial charge in [-0.2, -0.15) is 13.2 Å². The summed E-state index contributed by atoms with van der Waals surface area (Å²) in [7, 11) is 0. The molecule has 2 aromatic rings. The minimum atomic E-state index is -4.40. The Morgan fingerprint density at radius 2 is 2.00 bits per heavy atom. The summed E-state index contributed by atoms with van der Waals surface area (Å²) >= 11 is 0. The molecule has 0 unspecified atom stereocenters. The second kappa shape index (κ2) is 5.78. The molecule has 8 heteroatoms. The number of aromatic nitrogens is 1. The van der Waals surface area contributed by atoms with Gasteiger partial charge in [-0.05, 0) is 17.7 Å². The van der Waals surface area contributed by atoms with Gasteiger partial charge in [-0.1, -0.05) is 12.1 Å². The number of nitrogens with zero attached hydrogens (tertiary/aromatic N) is 2. The summed E-state index contributed by atoms with van der Waals surface area (Å²) < 4.78 is 37.7. The van der Waals surface area contributed by atoms with Crippen molar-refractivity contribution in [2.45, 2.75) is 12.7 Å². The van der Waals surface area contributed by atoms with Crippen LogP contribution in [0.2, 0.25) is 0 Å². The predicted octanol–water partition coefficient (Wildman–Crippen LogP) is 3.62. The van der Waals surface area contributed by atoms with Gasteiger partial charge < -0.3 is 5.32 Å². The number of hydrogen-bond donors (Lipinski definition) is 1. The highest BCUT2D eigenvalue weighted by molar-refractivity contribution is 5.44. The Morgan fingerprint density at radius 1 is 1.24 bits per heavy atom. The van der Waals surface area contributed by atoms with Crippen LogP contribution in [0.25, 0.3) is 0 Å². The van der Waals surface area contributed by atoms with E-state index in [4.69, 9.17) is 0 Å². The lowest BCUT2D eigenvalue weighted by atomic mass is 10.1. The molecular formula is C13H10F3N3O2. The number of pyridine rings is 1. The summed E-state index contributed by atoms with van der Waals surface area (Å²) in [6, 6.07) is 7.28. The van der Waals surface area contributed by atoms with Crippen LogP contribution in [0.5, 0.6) is 0 Å². The average molecular weight is 297 g/mol. The van der Waals surface area contributed by atoms with Gasteiger partial charge in [0.1, 0.15) is 5.82 Å². The molecule has 0 aliphatic rings. The zero-order chi connectivity index (χ0) is 15.5. The molecule has 0 spiro atoms. The number of alkyl halides is 3. The molecule has 0 atom stereocenters. The van der Waals surface area contributed by atoms with Gasteiger partial charge in [-0.25, -0.2) is 4.98 Å². The fourth-order valence-corrected chi connectivity index (χ4v) is 1.68. The molecule has 0 saturated carbocycles. The number of rotatable bonds is 4. The molecule has 0 bridgehead atoms. The van der Waals surface area contributed by atoms with Gasteiger partial charge in [0.15, 0.2) is 0 Å². The van der Waals surface area contributed by atoms with Gasteiger partial charge in [-0.15, -0.1) is 0 Å². The molecule has 0 saturated heterocycles. The van der Waals surface area contributed by atoms with Gasteiger partial charge >= 0.3 is 6.18 Å². The summed E-state index contributed by atoms with van der Waals surface area (Å²) in [5.41, 5.74) is -0.483. The van der Waals surface area contributed by atoms with Crippen LogP contribution in [-0.4, -0.2) is 9.91 Å². The first kappa shape index (κ1) is 14.8. The van der Waals surface area contributed by atoms with E-state index in [1.54, 1.807) is 0 Å². The Morgan fingerprint density at radius 3 is 2.67 bits per heavy atom. The zero-order valence-electron chi connectivity index (χ0n) is 10.6. The molecule has 0 aliphatic carbocycles. The highest BCUT2D eigenvalue weighted by atomic mass is 19.4. The first-order valence-corrected chi connectivity index (χ1v) is 5.87. The van der Waals surface area contributed by atoms with E-state index in [9.17, 15) is 23.3 Å². The maximum Gasteiger partial charge on any atom is 0.416 e. The van der Waals surface area contributed by atoms with Gasteiger partial charge in [-0.3, -0.25) is 10.1 Å². The van der Waals surface area contributed by atoms with Crippen molar-refractivity contribution < 1.29 is 18.1 Å². The van der Waals surface area contributed by atoms with Crippen molar-refractivity contribution in [3.63, 3.8) is 0 Å². The SMILES string of the molecule is O=[N+]([O-])c1ccnc(NCc2cccc(C(F)(F)F)c2)c1. The molecular weight excluding hydrogens is 287 g/mol. The molecule has 1 aromatic carbocycles. The zero-order valence-corrected chi connectivity index (χ0v) is 10.6. The van der Waals surface area contributed by atoms with E-state index in [0.717, 1.165) is 12.1 Å². The van der Waals surface area contributed by atoms with Gasteiger partial charge in [0, 0.05) is 18.8 Å². The van der Waals surface area contributed by atoms with Crippen molar-refractivity contribution in [2.75, 3.05) is 5.32 Å². The molecule has 1 N–H and O–H groups in total. The average Bonchev–Trinajstić information content (AvgIpc) is 2.45. The van der Waals surface area contributed by atoms with Crippen molar-refractivity contribution in [1.82, 2.24) is 4.98 Å². The van der Waals surface area contributed by atoms with E-state index in [1.807, 2.05) is 0 Å². The van der Waals surface area contributed by atoms with Crippen LogP contribution >= 0.6 is 0 Å². The molecule has 2 rings (SSSR count). The third kappa shape index (κ3) is 3.91. The van der Waals surface area contributed by atoms with Crippen LogP contribution in [0.3, 0.4) is 0 Å².